The lowest BCUT2D eigenvalue weighted by Crippen LogP contribution is -2.27. The van der Waals surface area contributed by atoms with E-state index in [1.165, 1.54) is 24.3 Å². The van der Waals surface area contributed by atoms with Gasteiger partial charge in [0, 0.05) is 13.1 Å². The number of sulfonamides is 2. The van der Waals surface area contributed by atoms with E-state index in [1.54, 1.807) is 12.1 Å². The molecule has 1 aliphatic carbocycles. The van der Waals surface area contributed by atoms with Crippen LogP contribution in [0.5, 0.6) is 0 Å². The van der Waals surface area contributed by atoms with E-state index in [0.29, 0.717) is 35.3 Å². The third-order valence-corrected chi connectivity index (χ3v) is 7.75. The Hall–Kier alpha value is -1.78. The van der Waals surface area contributed by atoms with Gasteiger partial charge < -0.3 is 5.11 Å². The maximum Gasteiger partial charge on any atom is 0.240 e. The van der Waals surface area contributed by atoms with Gasteiger partial charge in [0.15, 0.2) is 0 Å². The Morgan fingerprint density at radius 1 is 0.767 bits per heavy atom. The summed E-state index contributed by atoms with van der Waals surface area (Å²) in [5, 5.41) is 10.8. The molecule has 0 amide bonds. The highest BCUT2D eigenvalue weighted by atomic mass is 32.2. The minimum atomic E-state index is -3.70. The first kappa shape index (κ1) is 22.9. The van der Waals surface area contributed by atoms with Crippen LogP contribution in [0.1, 0.15) is 44.9 Å². The largest absolute Gasteiger partial charge is 0.384 e. The molecule has 0 saturated carbocycles. The van der Waals surface area contributed by atoms with Gasteiger partial charge in [-0.2, -0.15) is 0 Å². The minimum absolute atomic E-state index is 0.0696. The van der Waals surface area contributed by atoms with E-state index in [2.05, 4.69) is 9.44 Å². The van der Waals surface area contributed by atoms with Crippen molar-refractivity contribution in [2.45, 2.75) is 43.6 Å². The van der Waals surface area contributed by atoms with E-state index in [1.807, 2.05) is 27.7 Å². The Labute approximate surface area is 178 Å². The van der Waals surface area contributed by atoms with Crippen molar-refractivity contribution in [2.75, 3.05) is 13.1 Å². The second-order valence-corrected chi connectivity index (χ2v) is 11.9. The molecule has 30 heavy (non-hydrogen) atoms. The molecule has 0 spiro atoms. The van der Waals surface area contributed by atoms with Crippen LogP contribution in [0.2, 0.25) is 0 Å². The molecule has 0 saturated heterocycles. The Morgan fingerprint density at radius 3 is 1.47 bits per heavy atom. The van der Waals surface area contributed by atoms with Crippen LogP contribution >= 0.6 is 0 Å². The second-order valence-electron chi connectivity index (χ2n) is 8.39. The van der Waals surface area contributed by atoms with Gasteiger partial charge in [0.2, 0.25) is 20.0 Å². The molecule has 3 N–H and O–H groups in total. The molecule has 0 aromatic heterocycles. The molecule has 0 heterocycles. The fourth-order valence-electron chi connectivity index (χ4n) is 3.25. The van der Waals surface area contributed by atoms with Gasteiger partial charge in [-0.25, -0.2) is 26.3 Å². The number of nitrogens with one attached hydrogen (secondary N) is 2. The standard InChI is InChI=1S/C21H28N2O5S2/c1-13(2)11-22-29(25,26)15-5-7-17-18-8-6-16(30(27,28)23-12-14(3)4)10-20(18)21(24)19(17)9-15/h5-10,13-14,21-24H,11-12H2,1-4H3. The highest BCUT2D eigenvalue weighted by Gasteiger charge is 2.30. The lowest BCUT2D eigenvalue weighted by atomic mass is 10.1. The smallest absolute Gasteiger partial charge is 0.240 e. The van der Waals surface area contributed by atoms with Crippen molar-refractivity contribution in [1.29, 1.82) is 0 Å². The summed E-state index contributed by atoms with van der Waals surface area (Å²) in [5.41, 5.74) is 2.28. The monoisotopic (exact) mass is 452 g/mol. The predicted octanol–water partition coefficient (Wildman–Crippen LogP) is 2.62. The van der Waals surface area contributed by atoms with Crippen molar-refractivity contribution in [3.63, 3.8) is 0 Å². The summed E-state index contributed by atoms with van der Waals surface area (Å²) < 4.78 is 55.3. The van der Waals surface area contributed by atoms with Gasteiger partial charge in [0.05, 0.1) is 9.79 Å². The molecule has 9 heteroatoms. The van der Waals surface area contributed by atoms with Crippen LogP contribution in [-0.2, 0) is 20.0 Å². The SMILES string of the molecule is CC(C)CNS(=O)(=O)c1ccc2c(c1)C(O)c1cc(S(=O)(=O)NCC(C)C)ccc1-2. The van der Waals surface area contributed by atoms with Crippen LogP contribution in [0.25, 0.3) is 11.1 Å². The number of hydrogen-bond donors (Lipinski definition) is 3. The van der Waals surface area contributed by atoms with Crippen molar-refractivity contribution in [2.24, 2.45) is 11.8 Å². The van der Waals surface area contributed by atoms with Crippen LogP contribution in [0.15, 0.2) is 46.2 Å². The predicted molar refractivity (Wildman–Crippen MR) is 116 cm³/mol. The molecular formula is C21H28N2O5S2. The molecule has 0 bridgehead atoms. The fourth-order valence-corrected chi connectivity index (χ4v) is 5.74. The maximum atomic E-state index is 12.5. The van der Waals surface area contributed by atoms with Crippen LogP contribution in [-0.4, -0.2) is 35.0 Å². The van der Waals surface area contributed by atoms with Gasteiger partial charge in [-0.3, -0.25) is 0 Å². The van der Waals surface area contributed by atoms with Crippen molar-refractivity contribution in [1.82, 2.24) is 9.44 Å². The molecular weight excluding hydrogens is 424 g/mol. The van der Waals surface area contributed by atoms with E-state index >= 15 is 0 Å². The van der Waals surface area contributed by atoms with Gasteiger partial charge in [-0.05, 0) is 58.4 Å². The minimum Gasteiger partial charge on any atom is -0.384 e. The third kappa shape index (κ3) is 4.60. The molecule has 2 aromatic rings. The first-order chi connectivity index (χ1) is 13.9. The van der Waals surface area contributed by atoms with Crippen LogP contribution in [0.4, 0.5) is 0 Å². The summed E-state index contributed by atoms with van der Waals surface area (Å²) in [6, 6.07) is 9.21. The van der Waals surface area contributed by atoms with E-state index in [4.69, 9.17) is 0 Å². The maximum absolute atomic E-state index is 12.5. The number of aliphatic hydroxyl groups excluding tert-OH is 1. The molecule has 0 unspecified atom stereocenters. The first-order valence-corrected chi connectivity index (χ1v) is 12.8. The number of aliphatic hydroxyl groups is 1. The summed E-state index contributed by atoms with van der Waals surface area (Å²) >= 11 is 0. The summed E-state index contributed by atoms with van der Waals surface area (Å²) in [7, 11) is -7.40. The summed E-state index contributed by atoms with van der Waals surface area (Å²) in [6.45, 7) is 8.26. The van der Waals surface area contributed by atoms with Crippen LogP contribution in [0, 0.1) is 11.8 Å². The van der Waals surface area contributed by atoms with Crippen LogP contribution < -0.4 is 9.44 Å². The number of hydrogen-bond acceptors (Lipinski definition) is 5. The van der Waals surface area contributed by atoms with Crippen molar-refractivity contribution in [3.05, 3.63) is 47.5 Å². The molecule has 0 atom stereocenters. The van der Waals surface area contributed by atoms with E-state index in [9.17, 15) is 21.9 Å². The van der Waals surface area contributed by atoms with E-state index in [-0.39, 0.29) is 21.6 Å². The normalized spacial score (nSPS) is 14.4. The second kappa shape index (κ2) is 8.39. The fraction of sp³-hybridized carbons (Fsp3) is 0.429. The molecule has 0 fully saturated rings. The summed E-state index contributed by atoms with van der Waals surface area (Å²) in [6.07, 6.45) is -1.10. The topological polar surface area (TPSA) is 113 Å². The van der Waals surface area contributed by atoms with Gasteiger partial charge in [0.1, 0.15) is 6.10 Å². The van der Waals surface area contributed by atoms with Crippen LogP contribution in [0.3, 0.4) is 0 Å². The molecule has 1 aliphatic rings. The number of benzene rings is 2. The molecule has 2 aromatic carbocycles. The van der Waals surface area contributed by atoms with Crippen molar-refractivity contribution < 1.29 is 21.9 Å². The number of rotatable bonds is 8. The molecule has 0 aliphatic heterocycles. The highest BCUT2D eigenvalue weighted by Crippen LogP contribution is 2.44. The average Bonchev–Trinajstić information content (AvgIpc) is 2.96. The molecule has 3 rings (SSSR count). The molecule has 164 valence electrons. The quantitative estimate of drug-likeness (QED) is 0.570. The van der Waals surface area contributed by atoms with Gasteiger partial charge in [-0.15, -0.1) is 0 Å². The number of fused-ring (bicyclic) bond motifs is 3. The lowest BCUT2D eigenvalue weighted by molar-refractivity contribution is 0.224. The lowest BCUT2D eigenvalue weighted by Gasteiger charge is -2.12. The Kier molecular flexibility index (Phi) is 6.41. The summed E-state index contributed by atoms with van der Waals surface area (Å²) in [5.74, 6) is 0.322. The summed E-state index contributed by atoms with van der Waals surface area (Å²) in [4.78, 5) is 0.139. The molecule has 0 radical (unpaired) electrons. The zero-order valence-electron chi connectivity index (χ0n) is 17.5. The zero-order valence-corrected chi connectivity index (χ0v) is 19.1. The Bertz CT molecular complexity index is 1060. The van der Waals surface area contributed by atoms with E-state index < -0.39 is 26.2 Å². The highest BCUT2D eigenvalue weighted by molar-refractivity contribution is 7.89. The zero-order chi connectivity index (χ0) is 22.3. The first-order valence-electron chi connectivity index (χ1n) is 9.88. The van der Waals surface area contributed by atoms with Gasteiger partial charge in [-0.1, -0.05) is 39.8 Å². The third-order valence-electron chi connectivity index (χ3n) is 4.91. The van der Waals surface area contributed by atoms with Gasteiger partial charge >= 0.3 is 0 Å². The molecule has 7 nitrogen and oxygen atoms in total. The van der Waals surface area contributed by atoms with Gasteiger partial charge in [0.25, 0.3) is 0 Å². The van der Waals surface area contributed by atoms with Crippen molar-refractivity contribution in [3.8, 4) is 11.1 Å². The Balaban J connectivity index is 1.94. The average molecular weight is 453 g/mol. The van der Waals surface area contributed by atoms with Crippen molar-refractivity contribution >= 4 is 20.0 Å². The Morgan fingerprint density at radius 2 is 1.13 bits per heavy atom. The van der Waals surface area contributed by atoms with E-state index in [0.717, 1.165) is 0 Å².